The van der Waals surface area contributed by atoms with Gasteiger partial charge in [-0.25, -0.2) is 15.0 Å². The molecule has 4 heterocycles. The number of hydrogen-bond acceptors (Lipinski definition) is 11. The number of nitrogens with zero attached hydrogens (tertiary/aromatic N) is 6. The topological polar surface area (TPSA) is 205 Å². The number of aromatic amines is 1. The average Bonchev–Trinajstić information content (AvgIpc) is 1.37. The number of nitrogens with one attached hydrogen (secondary N) is 1. The SMILES string of the molecule is CS(=O)c1ccccc1-c1ccc(-c2ccccc2[N+](=O)[O-])c2nc(-c3cccc(-c4ccc5c(c4)c(-c4ccccc4S(=O)CCS(=O)c4ccccc4-c4ccc(-c6ccccc6[N+](=O)[O-])c6cccnc46)cc4[nH]c6ncccc6c45)c3)c(-c3ccccc3)nc12. The lowest BCUT2D eigenvalue weighted by Crippen LogP contribution is -2.10. The summed E-state index contributed by atoms with van der Waals surface area (Å²) < 4.78 is 43.2. The van der Waals surface area contributed by atoms with Crippen LogP contribution in [0.25, 0.3) is 144 Å². The van der Waals surface area contributed by atoms with Crippen molar-refractivity contribution in [1.29, 1.82) is 0 Å². The molecule has 454 valence electrons. The highest BCUT2D eigenvalue weighted by Gasteiger charge is 2.27. The molecule has 17 heteroatoms. The van der Waals surface area contributed by atoms with Crippen molar-refractivity contribution >= 4 is 98.4 Å². The Bertz CT molecular complexity index is 5700. The van der Waals surface area contributed by atoms with Gasteiger partial charge in [-0.1, -0.05) is 170 Å². The van der Waals surface area contributed by atoms with E-state index in [1.54, 1.807) is 61.1 Å². The van der Waals surface area contributed by atoms with Gasteiger partial charge in [0.25, 0.3) is 11.4 Å². The van der Waals surface area contributed by atoms with Gasteiger partial charge in [0.2, 0.25) is 0 Å². The highest BCUT2D eigenvalue weighted by atomic mass is 32.2. The lowest BCUT2D eigenvalue weighted by atomic mass is 9.91. The summed E-state index contributed by atoms with van der Waals surface area (Å²) >= 11 is 0. The Labute approximate surface area is 545 Å². The van der Waals surface area contributed by atoms with E-state index in [0.717, 1.165) is 66.1 Å². The summed E-state index contributed by atoms with van der Waals surface area (Å²) in [5, 5.41) is 29.3. The van der Waals surface area contributed by atoms with Crippen LogP contribution in [0.1, 0.15) is 0 Å². The number of hydrogen-bond donors (Lipinski definition) is 1. The number of nitro groups is 2. The number of H-pyrrole nitrogens is 1. The molecule has 0 radical (unpaired) electrons. The molecule has 94 heavy (non-hydrogen) atoms. The Morgan fingerprint density at radius 2 is 0.851 bits per heavy atom. The van der Waals surface area contributed by atoms with Crippen LogP contribution in [-0.2, 0) is 32.4 Å². The molecule has 0 spiro atoms. The summed E-state index contributed by atoms with van der Waals surface area (Å²) in [6.07, 6.45) is 5.07. The highest BCUT2D eigenvalue weighted by Crippen LogP contribution is 2.46. The summed E-state index contributed by atoms with van der Waals surface area (Å²) in [6.45, 7) is 0. The first kappa shape index (κ1) is 59.0. The van der Waals surface area contributed by atoms with Crippen molar-refractivity contribution in [3.63, 3.8) is 0 Å². The lowest BCUT2D eigenvalue weighted by Gasteiger charge is -2.17. The molecule has 0 saturated carbocycles. The molecule has 0 aliphatic carbocycles. The summed E-state index contributed by atoms with van der Waals surface area (Å²) in [7, 11) is -4.66. The first-order valence-electron chi connectivity index (χ1n) is 30.0. The summed E-state index contributed by atoms with van der Waals surface area (Å²) in [4.78, 5) is 49.9. The van der Waals surface area contributed by atoms with Crippen LogP contribution in [0, 0.1) is 20.2 Å². The van der Waals surface area contributed by atoms with E-state index < -0.39 is 42.2 Å². The van der Waals surface area contributed by atoms with Gasteiger partial charge in [-0.3, -0.25) is 37.8 Å². The zero-order valence-corrected chi connectivity index (χ0v) is 52.5. The number of benzene rings is 11. The monoisotopic (exact) mass is 1280 g/mol. The molecule has 0 aliphatic heterocycles. The van der Waals surface area contributed by atoms with E-state index in [0.29, 0.717) is 92.5 Å². The summed E-state index contributed by atoms with van der Waals surface area (Å²) in [5.74, 6) is 0.144. The van der Waals surface area contributed by atoms with E-state index in [2.05, 4.69) is 41.4 Å². The zero-order chi connectivity index (χ0) is 64.1. The largest absolute Gasteiger partial charge is 0.339 e. The van der Waals surface area contributed by atoms with Gasteiger partial charge >= 0.3 is 0 Å². The molecule has 3 unspecified atom stereocenters. The van der Waals surface area contributed by atoms with Crippen LogP contribution in [0.5, 0.6) is 0 Å². The smallest absolute Gasteiger partial charge is 0.277 e. The molecular formula is C77H51N7O7S3. The third-order valence-corrected chi connectivity index (χ3v) is 21.2. The molecule has 0 aliphatic rings. The van der Waals surface area contributed by atoms with Crippen molar-refractivity contribution in [3.05, 3.63) is 281 Å². The highest BCUT2D eigenvalue weighted by molar-refractivity contribution is 7.89. The van der Waals surface area contributed by atoms with Crippen LogP contribution in [0.2, 0.25) is 0 Å². The number of fused-ring (bicyclic) bond motifs is 7. The normalized spacial score (nSPS) is 12.6. The average molecular weight is 1280 g/mol. The first-order valence-corrected chi connectivity index (χ1v) is 34.2. The predicted molar refractivity (Wildman–Crippen MR) is 378 cm³/mol. The lowest BCUT2D eigenvalue weighted by molar-refractivity contribution is -0.384. The van der Waals surface area contributed by atoms with Crippen LogP contribution in [0.3, 0.4) is 0 Å². The van der Waals surface area contributed by atoms with Crippen LogP contribution in [0.15, 0.2) is 276 Å². The Morgan fingerprint density at radius 1 is 0.372 bits per heavy atom. The van der Waals surface area contributed by atoms with Crippen molar-refractivity contribution in [1.82, 2.24) is 24.9 Å². The predicted octanol–water partition coefficient (Wildman–Crippen LogP) is 18.2. The Kier molecular flexibility index (Phi) is 15.5. The molecule has 11 aromatic carbocycles. The fraction of sp³-hybridized carbons (Fsp3) is 0.0390. The number of pyridine rings is 2. The minimum Gasteiger partial charge on any atom is -0.339 e. The fourth-order valence-electron chi connectivity index (χ4n) is 12.9. The number of aromatic nitrogens is 5. The maximum Gasteiger partial charge on any atom is 0.277 e. The van der Waals surface area contributed by atoms with E-state index >= 15 is 4.21 Å². The van der Waals surface area contributed by atoms with Crippen molar-refractivity contribution in [2.24, 2.45) is 0 Å². The van der Waals surface area contributed by atoms with Crippen molar-refractivity contribution in [2.45, 2.75) is 14.7 Å². The molecule has 3 atom stereocenters. The van der Waals surface area contributed by atoms with Gasteiger partial charge in [0.15, 0.2) is 0 Å². The molecule has 14 nitrogen and oxygen atoms in total. The van der Waals surface area contributed by atoms with E-state index in [9.17, 15) is 28.6 Å². The van der Waals surface area contributed by atoms with Gasteiger partial charge < -0.3 is 4.98 Å². The molecule has 0 fully saturated rings. The number of nitro benzene ring substituents is 2. The third-order valence-electron chi connectivity index (χ3n) is 17.1. The second-order valence-corrected chi connectivity index (χ2v) is 26.9. The van der Waals surface area contributed by atoms with Gasteiger partial charge in [0, 0.05) is 112 Å². The van der Waals surface area contributed by atoms with Gasteiger partial charge in [-0.2, -0.15) is 0 Å². The van der Waals surface area contributed by atoms with Crippen molar-refractivity contribution < 1.29 is 22.5 Å². The van der Waals surface area contributed by atoms with Crippen LogP contribution in [-0.4, -0.2) is 65.2 Å². The van der Waals surface area contributed by atoms with Gasteiger partial charge in [-0.05, 0) is 111 Å². The molecule has 15 aromatic rings. The van der Waals surface area contributed by atoms with Crippen molar-refractivity contribution in [3.8, 4) is 89.3 Å². The Morgan fingerprint density at radius 3 is 1.49 bits per heavy atom. The molecule has 4 aromatic heterocycles. The van der Waals surface area contributed by atoms with Crippen LogP contribution in [0.4, 0.5) is 11.4 Å². The quantitative estimate of drug-likeness (QED) is 0.0711. The number of rotatable bonds is 16. The second-order valence-electron chi connectivity index (χ2n) is 22.5. The molecule has 0 saturated heterocycles. The van der Waals surface area contributed by atoms with E-state index in [1.807, 2.05) is 158 Å². The molecule has 0 amide bonds. The zero-order valence-electron chi connectivity index (χ0n) is 50.0. The van der Waals surface area contributed by atoms with Crippen molar-refractivity contribution in [2.75, 3.05) is 17.8 Å². The molecule has 1 N–H and O–H groups in total. The van der Waals surface area contributed by atoms with Crippen LogP contribution < -0.4 is 0 Å². The van der Waals surface area contributed by atoms with E-state index in [4.69, 9.17) is 19.9 Å². The molecule has 0 bridgehead atoms. The van der Waals surface area contributed by atoms with Gasteiger partial charge in [-0.15, -0.1) is 0 Å². The molecule has 15 rings (SSSR count). The maximum absolute atomic E-state index is 15.1. The maximum atomic E-state index is 15.1. The summed E-state index contributed by atoms with van der Waals surface area (Å²) in [5.41, 5.74) is 13.7. The molecular weight excluding hydrogens is 1230 g/mol. The summed E-state index contributed by atoms with van der Waals surface area (Å²) in [6, 6.07) is 77.2. The third kappa shape index (κ3) is 10.6. The Balaban J connectivity index is 0.831. The van der Waals surface area contributed by atoms with Gasteiger partial charge in [0.1, 0.15) is 5.65 Å². The van der Waals surface area contributed by atoms with E-state index in [1.165, 1.54) is 12.1 Å². The van der Waals surface area contributed by atoms with Crippen LogP contribution >= 0.6 is 0 Å². The minimum absolute atomic E-state index is 0.0229. The first-order chi connectivity index (χ1) is 46.0. The van der Waals surface area contributed by atoms with E-state index in [-0.39, 0.29) is 22.9 Å². The fourth-order valence-corrected chi connectivity index (χ4v) is 16.6. The standard InChI is InChI=1S/C77H51N7O7S3/c1-92(89)68-31-12-7-24-54(68)61-39-38-59(53-23-6-11-30-67(53)84(87)88)75-76(61)81-72(47-18-3-2-4-19-47)73(82-75)50-21-15-20-48(44-50)49-34-35-57-63(45-49)64(46-65-71(57)62-28-17-41-79-77(62)80-65)56-26-9-14-33-70(56)94(91)43-42-93(90)69-32-13-8-25-55(69)60-37-36-51(58-27-16-40-78-74(58)60)52-22-5-10-29-66(52)83(85)86/h2-41,44-46H,42-43H2,1H3,(H,79,80). The minimum atomic E-state index is -1.66. The second kappa shape index (κ2) is 24.7. The Hall–Kier alpha value is -11.4. The van der Waals surface area contributed by atoms with Gasteiger partial charge in [0.05, 0.1) is 81.3 Å². The number of para-hydroxylation sites is 2.